The molecule has 1 aromatic rings. The molecule has 7 heteroatoms. The predicted octanol–water partition coefficient (Wildman–Crippen LogP) is 0.253. The summed E-state index contributed by atoms with van der Waals surface area (Å²) in [4.78, 5) is 34.6. The Morgan fingerprint density at radius 1 is 1.18 bits per heavy atom. The molecule has 1 aromatic carbocycles. The van der Waals surface area contributed by atoms with Gasteiger partial charge in [-0.15, -0.1) is 0 Å². The fraction of sp³-hybridized carbons (Fsp3) is 0.400. The molecule has 120 valence electrons. The Morgan fingerprint density at radius 2 is 1.82 bits per heavy atom. The zero-order chi connectivity index (χ0) is 16.7. The molecule has 0 unspecified atom stereocenters. The lowest BCUT2D eigenvalue weighted by Crippen LogP contribution is -2.53. The van der Waals surface area contributed by atoms with Crippen molar-refractivity contribution in [1.82, 2.24) is 10.6 Å². The Bertz CT molecular complexity index is 563. The van der Waals surface area contributed by atoms with Crippen LogP contribution in [0, 0.1) is 5.82 Å². The molecule has 4 N–H and O–H groups in total. The van der Waals surface area contributed by atoms with Gasteiger partial charge in [0.2, 0.25) is 17.7 Å². The monoisotopic (exact) mass is 309 g/mol. The van der Waals surface area contributed by atoms with Gasteiger partial charge in [0.25, 0.3) is 0 Å². The van der Waals surface area contributed by atoms with Crippen molar-refractivity contribution in [1.29, 1.82) is 0 Å². The standard InChI is InChI=1S/C15H20FN3O3/c1-3-12(14(17)21)19-15(22)13(18-9(2)20)8-10-6-4-5-7-11(10)16/h4-7,12-13H,3,8H2,1-2H3,(H2,17,21)(H,18,20)(H,19,22)/t12-,13-/m1/s1. The lowest BCUT2D eigenvalue weighted by atomic mass is 10.0. The summed E-state index contributed by atoms with van der Waals surface area (Å²) in [6.07, 6.45) is 0.306. The SMILES string of the molecule is CC[C@@H](NC(=O)[C@@H](Cc1ccccc1F)NC(C)=O)C(N)=O. The summed E-state index contributed by atoms with van der Waals surface area (Å²) >= 11 is 0. The average Bonchev–Trinajstić information content (AvgIpc) is 2.45. The number of rotatable bonds is 7. The first-order chi connectivity index (χ1) is 10.3. The van der Waals surface area contributed by atoms with Crippen molar-refractivity contribution in [2.24, 2.45) is 5.73 Å². The maximum atomic E-state index is 13.7. The van der Waals surface area contributed by atoms with Crippen molar-refractivity contribution in [3.05, 3.63) is 35.6 Å². The van der Waals surface area contributed by atoms with Crippen molar-refractivity contribution in [3.8, 4) is 0 Å². The van der Waals surface area contributed by atoms with E-state index >= 15 is 0 Å². The van der Waals surface area contributed by atoms with Gasteiger partial charge < -0.3 is 16.4 Å². The third-order valence-electron chi connectivity index (χ3n) is 3.14. The Hall–Kier alpha value is -2.44. The van der Waals surface area contributed by atoms with Gasteiger partial charge in [-0.2, -0.15) is 0 Å². The average molecular weight is 309 g/mol. The molecular formula is C15H20FN3O3. The van der Waals surface area contributed by atoms with Crippen LogP contribution in [-0.2, 0) is 20.8 Å². The van der Waals surface area contributed by atoms with Crippen molar-refractivity contribution in [2.45, 2.75) is 38.8 Å². The van der Waals surface area contributed by atoms with Crippen LogP contribution in [0.3, 0.4) is 0 Å². The van der Waals surface area contributed by atoms with Crippen molar-refractivity contribution < 1.29 is 18.8 Å². The highest BCUT2D eigenvalue weighted by Crippen LogP contribution is 2.09. The number of carbonyl (C=O) groups is 3. The van der Waals surface area contributed by atoms with Crippen molar-refractivity contribution in [3.63, 3.8) is 0 Å². The quantitative estimate of drug-likeness (QED) is 0.673. The summed E-state index contributed by atoms with van der Waals surface area (Å²) in [5, 5.41) is 4.91. The Kier molecular flexibility index (Phi) is 6.49. The van der Waals surface area contributed by atoms with Crippen LogP contribution in [0.4, 0.5) is 4.39 Å². The maximum Gasteiger partial charge on any atom is 0.243 e. The van der Waals surface area contributed by atoms with E-state index in [2.05, 4.69) is 10.6 Å². The maximum absolute atomic E-state index is 13.7. The number of nitrogens with two attached hydrogens (primary N) is 1. The molecule has 2 atom stereocenters. The molecule has 22 heavy (non-hydrogen) atoms. The van der Waals surface area contributed by atoms with Crippen LogP contribution >= 0.6 is 0 Å². The summed E-state index contributed by atoms with van der Waals surface area (Å²) in [6.45, 7) is 2.95. The number of carbonyl (C=O) groups excluding carboxylic acids is 3. The van der Waals surface area contributed by atoms with Crippen LogP contribution in [-0.4, -0.2) is 29.8 Å². The largest absolute Gasteiger partial charge is 0.368 e. The smallest absolute Gasteiger partial charge is 0.243 e. The van der Waals surface area contributed by atoms with E-state index in [-0.39, 0.29) is 6.42 Å². The minimum absolute atomic E-state index is 0.0206. The molecule has 0 saturated heterocycles. The molecule has 0 fully saturated rings. The van der Waals surface area contributed by atoms with Crippen LogP contribution in [0.25, 0.3) is 0 Å². The molecule has 0 radical (unpaired) electrons. The molecule has 0 bridgehead atoms. The second-order valence-electron chi connectivity index (χ2n) is 4.92. The summed E-state index contributed by atoms with van der Waals surface area (Å²) < 4.78 is 13.7. The van der Waals surface area contributed by atoms with Crippen molar-refractivity contribution in [2.75, 3.05) is 0 Å². The van der Waals surface area contributed by atoms with Gasteiger partial charge >= 0.3 is 0 Å². The van der Waals surface area contributed by atoms with Crippen molar-refractivity contribution >= 4 is 17.7 Å². The van der Waals surface area contributed by atoms with Gasteiger partial charge in [-0.25, -0.2) is 4.39 Å². The number of hydrogen-bond donors (Lipinski definition) is 3. The van der Waals surface area contributed by atoms with Gasteiger partial charge in [-0.3, -0.25) is 14.4 Å². The molecule has 3 amide bonds. The molecule has 0 aliphatic rings. The van der Waals surface area contributed by atoms with Gasteiger partial charge in [0, 0.05) is 13.3 Å². The van der Waals surface area contributed by atoms with E-state index in [9.17, 15) is 18.8 Å². The third kappa shape index (κ3) is 5.16. The molecule has 0 spiro atoms. The fourth-order valence-corrected chi connectivity index (χ4v) is 1.99. The van der Waals surface area contributed by atoms with E-state index in [1.54, 1.807) is 13.0 Å². The Labute approximate surface area is 128 Å². The van der Waals surface area contributed by atoms with Crippen LogP contribution in [0.1, 0.15) is 25.8 Å². The number of primary amides is 1. The van der Waals surface area contributed by atoms with Gasteiger partial charge in [0.1, 0.15) is 17.9 Å². The van der Waals surface area contributed by atoms with E-state index in [0.717, 1.165) is 0 Å². The Balaban J connectivity index is 2.88. The van der Waals surface area contributed by atoms with E-state index in [0.29, 0.717) is 12.0 Å². The van der Waals surface area contributed by atoms with Crippen LogP contribution < -0.4 is 16.4 Å². The van der Waals surface area contributed by atoms with Crippen LogP contribution in [0.15, 0.2) is 24.3 Å². The highest BCUT2D eigenvalue weighted by molar-refractivity contribution is 5.91. The lowest BCUT2D eigenvalue weighted by Gasteiger charge is -2.21. The third-order valence-corrected chi connectivity index (χ3v) is 3.14. The summed E-state index contributed by atoms with van der Waals surface area (Å²) in [5.41, 5.74) is 5.47. The normalized spacial score (nSPS) is 13.0. The minimum atomic E-state index is -0.984. The number of hydrogen-bond acceptors (Lipinski definition) is 3. The summed E-state index contributed by atoms with van der Waals surface area (Å²) in [7, 11) is 0. The summed E-state index contributed by atoms with van der Waals surface area (Å²) in [5.74, 6) is -2.14. The highest BCUT2D eigenvalue weighted by atomic mass is 19.1. The Morgan fingerprint density at radius 3 is 2.32 bits per heavy atom. The lowest BCUT2D eigenvalue weighted by molar-refractivity contribution is -0.130. The van der Waals surface area contributed by atoms with Gasteiger partial charge in [-0.1, -0.05) is 25.1 Å². The first-order valence-corrected chi connectivity index (χ1v) is 6.95. The molecule has 0 aliphatic carbocycles. The second kappa shape index (κ2) is 8.11. The van der Waals surface area contributed by atoms with E-state index in [1.807, 2.05) is 0 Å². The summed E-state index contributed by atoms with van der Waals surface area (Å²) in [6, 6.07) is 4.16. The molecular weight excluding hydrogens is 289 g/mol. The topological polar surface area (TPSA) is 101 Å². The van der Waals surface area contributed by atoms with Gasteiger partial charge in [-0.05, 0) is 18.1 Å². The molecule has 0 aromatic heterocycles. The van der Waals surface area contributed by atoms with Gasteiger partial charge in [0.15, 0.2) is 0 Å². The highest BCUT2D eigenvalue weighted by Gasteiger charge is 2.25. The molecule has 1 rings (SSSR count). The number of nitrogens with one attached hydrogen (secondary N) is 2. The number of halogens is 1. The molecule has 0 saturated carbocycles. The van der Waals surface area contributed by atoms with Gasteiger partial charge in [0.05, 0.1) is 0 Å². The first kappa shape index (κ1) is 17.6. The zero-order valence-electron chi connectivity index (χ0n) is 12.6. The van der Waals surface area contributed by atoms with Crippen LogP contribution in [0.2, 0.25) is 0 Å². The number of benzene rings is 1. The van der Waals surface area contributed by atoms with E-state index in [4.69, 9.17) is 5.73 Å². The van der Waals surface area contributed by atoms with E-state index < -0.39 is 35.6 Å². The molecule has 0 aliphatic heterocycles. The van der Waals surface area contributed by atoms with Crippen LogP contribution in [0.5, 0.6) is 0 Å². The first-order valence-electron chi connectivity index (χ1n) is 6.95. The predicted molar refractivity (Wildman–Crippen MR) is 79.1 cm³/mol. The number of amides is 3. The second-order valence-corrected chi connectivity index (χ2v) is 4.92. The minimum Gasteiger partial charge on any atom is -0.368 e. The molecule has 6 nitrogen and oxygen atoms in total. The fourth-order valence-electron chi connectivity index (χ4n) is 1.99. The van der Waals surface area contributed by atoms with E-state index in [1.165, 1.54) is 25.1 Å². The zero-order valence-corrected chi connectivity index (χ0v) is 12.6. The molecule has 0 heterocycles.